The molecule has 0 atom stereocenters. The Morgan fingerprint density at radius 3 is 2.29 bits per heavy atom. The molecule has 1 rings (SSSR count). The summed E-state index contributed by atoms with van der Waals surface area (Å²) >= 11 is 0. The number of nitrogens with zero attached hydrogens (tertiary/aromatic N) is 1. The normalized spacial score (nSPS) is 14.5. The van der Waals surface area contributed by atoms with Gasteiger partial charge in [-0.25, -0.2) is 13.2 Å². The Balaban J connectivity index is 0.00000400. The maximum absolute atomic E-state index is 11.4. The van der Waals surface area contributed by atoms with Crippen LogP contribution in [0.25, 0.3) is 0 Å². The van der Waals surface area contributed by atoms with Crippen molar-refractivity contribution in [3.05, 3.63) is 11.0 Å². The van der Waals surface area contributed by atoms with Gasteiger partial charge in [0.15, 0.2) is 0 Å². The van der Waals surface area contributed by atoms with E-state index < -0.39 is 45.2 Å². The van der Waals surface area contributed by atoms with Crippen molar-refractivity contribution in [1.82, 2.24) is 5.06 Å². The van der Waals surface area contributed by atoms with Crippen LogP contribution in [0.15, 0.2) is 11.0 Å². The number of carboxylic acid groups (broad SMARTS) is 1. The average molecular weight is 329 g/mol. The molecule has 0 aliphatic carbocycles. The van der Waals surface area contributed by atoms with E-state index in [0.717, 1.165) is 0 Å². The molecule has 1 aliphatic rings. The standard InChI is InChI=1S/C9H9NO9S.Na/c11-6-4-5(20(16,17)18)9(15)10(6)19-8(14)3-1-2-7(12)13;/h4H,1-3H2,(H,12,13)(H,16,17,18);/q;+1/p-1. The quantitative estimate of drug-likeness (QED) is 0.288. The number of carbonyl (C=O) groups excluding carboxylic acids is 3. The number of hydrogen-bond donors (Lipinski definition) is 1. The van der Waals surface area contributed by atoms with E-state index in [9.17, 15) is 32.1 Å². The zero-order valence-electron chi connectivity index (χ0n) is 10.8. The zero-order chi connectivity index (χ0) is 15.5. The molecule has 0 saturated carbocycles. The first-order chi connectivity index (χ1) is 9.12. The van der Waals surface area contributed by atoms with Gasteiger partial charge in [-0.05, 0) is 6.42 Å². The first-order valence-corrected chi connectivity index (χ1v) is 6.52. The Bertz CT molecular complexity index is 609. The molecule has 0 bridgehead atoms. The van der Waals surface area contributed by atoms with Gasteiger partial charge in [-0.15, -0.1) is 0 Å². The molecule has 0 fully saturated rings. The second kappa shape index (κ2) is 7.66. The topological polar surface area (TPSA) is 158 Å². The molecular weight excluding hydrogens is 321 g/mol. The zero-order valence-corrected chi connectivity index (χ0v) is 13.6. The summed E-state index contributed by atoms with van der Waals surface area (Å²) in [5, 5.41) is 8.18. The predicted molar refractivity (Wildman–Crippen MR) is 57.2 cm³/mol. The molecule has 110 valence electrons. The van der Waals surface area contributed by atoms with Crippen molar-refractivity contribution in [3.63, 3.8) is 0 Å². The van der Waals surface area contributed by atoms with Gasteiger partial charge in [-0.1, -0.05) is 5.06 Å². The molecule has 1 aliphatic heterocycles. The van der Waals surface area contributed by atoms with Crippen molar-refractivity contribution in [1.29, 1.82) is 0 Å². The van der Waals surface area contributed by atoms with Gasteiger partial charge in [-0.2, -0.15) is 0 Å². The van der Waals surface area contributed by atoms with Crippen molar-refractivity contribution >= 4 is 33.9 Å². The van der Waals surface area contributed by atoms with E-state index in [1.165, 1.54) is 0 Å². The Morgan fingerprint density at radius 2 is 1.86 bits per heavy atom. The fraction of sp³-hybridized carbons (Fsp3) is 0.333. The third-order valence-electron chi connectivity index (χ3n) is 2.08. The third kappa shape index (κ3) is 5.55. The van der Waals surface area contributed by atoms with Gasteiger partial charge in [0.25, 0.3) is 5.91 Å². The van der Waals surface area contributed by atoms with Crippen molar-refractivity contribution in [2.24, 2.45) is 0 Å². The van der Waals surface area contributed by atoms with Crippen LogP contribution in [0.4, 0.5) is 0 Å². The summed E-state index contributed by atoms with van der Waals surface area (Å²) in [6.07, 6.45) is -0.571. The number of hydroxylamine groups is 2. The molecular formula is C9H8NNaO9S. The number of carboxylic acids is 1. The first-order valence-electron chi connectivity index (χ1n) is 5.11. The minimum absolute atomic E-state index is 0. The number of hydrogen-bond acceptors (Lipinski definition) is 8. The summed E-state index contributed by atoms with van der Waals surface area (Å²) in [4.78, 5) is 47.0. The van der Waals surface area contributed by atoms with E-state index >= 15 is 0 Å². The second-order valence-corrected chi connectivity index (χ2v) is 4.96. The number of carbonyl (C=O) groups is 4. The van der Waals surface area contributed by atoms with Crippen LogP contribution in [-0.2, 0) is 34.1 Å². The minimum atomic E-state index is -5.15. The van der Waals surface area contributed by atoms with E-state index in [0.29, 0.717) is 0 Å². The van der Waals surface area contributed by atoms with Crippen LogP contribution in [0, 0.1) is 0 Å². The molecule has 21 heavy (non-hydrogen) atoms. The van der Waals surface area contributed by atoms with E-state index in [-0.39, 0.29) is 53.5 Å². The molecule has 0 unspecified atom stereocenters. The molecule has 0 spiro atoms. The molecule has 0 saturated heterocycles. The monoisotopic (exact) mass is 329 g/mol. The molecule has 12 heteroatoms. The largest absolute Gasteiger partial charge is 1.00 e. The Morgan fingerprint density at radius 1 is 1.29 bits per heavy atom. The van der Waals surface area contributed by atoms with Crippen LogP contribution in [0.2, 0.25) is 0 Å². The Kier molecular flexibility index (Phi) is 7.19. The van der Waals surface area contributed by atoms with Crippen molar-refractivity contribution in [2.75, 3.05) is 0 Å². The van der Waals surface area contributed by atoms with Gasteiger partial charge in [-0.3, -0.25) is 14.4 Å². The maximum Gasteiger partial charge on any atom is 1.00 e. The number of amides is 2. The molecule has 1 heterocycles. The molecule has 1 N–H and O–H groups in total. The molecule has 0 aromatic rings. The van der Waals surface area contributed by atoms with Gasteiger partial charge in [0.2, 0.25) is 0 Å². The van der Waals surface area contributed by atoms with Crippen molar-refractivity contribution < 1.29 is 71.7 Å². The molecule has 2 amide bonds. The van der Waals surface area contributed by atoms with Gasteiger partial charge in [0, 0.05) is 18.9 Å². The van der Waals surface area contributed by atoms with Crippen LogP contribution >= 0.6 is 0 Å². The third-order valence-corrected chi connectivity index (χ3v) is 2.92. The van der Waals surface area contributed by atoms with E-state index in [1.807, 2.05) is 0 Å². The summed E-state index contributed by atoms with van der Waals surface area (Å²) in [6, 6.07) is 0. The van der Waals surface area contributed by atoms with E-state index in [2.05, 4.69) is 4.84 Å². The van der Waals surface area contributed by atoms with Crippen LogP contribution in [0.5, 0.6) is 0 Å². The SMILES string of the molecule is O=C(O)CCCC(=O)ON1C(=O)C=C(S(=O)(=O)[O-])C1=O.[Na+]. The number of aliphatic carboxylic acids is 1. The van der Waals surface area contributed by atoms with E-state index in [1.54, 1.807) is 0 Å². The first kappa shape index (κ1) is 19.7. The fourth-order valence-corrected chi connectivity index (χ4v) is 1.77. The second-order valence-electron chi connectivity index (χ2n) is 3.61. The summed E-state index contributed by atoms with van der Waals surface area (Å²) in [7, 11) is -5.15. The van der Waals surface area contributed by atoms with Gasteiger partial charge >= 0.3 is 47.4 Å². The summed E-state index contributed by atoms with van der Waals surface area (Å²) < 4.78 is 31.9. The van der Waals surface area contributed by atoms with Crippen LogP contribution < -0.4 is 29.6 Å². The Hall–Kier alpha value is -1.27. The summed E-state index contributed by atoms with van der Waals surface area (Å²) in [5.74, 6) is -5.09. The fourth-order valence-electron chi connectivity index (χ4n) is 1.23. The number of imide groups is 1. The molecule has 0 aromatic carbocycles. The molecule has 10 nitrogen and oxygen atoms in total. The van der Waals surface area contributed by atoms with Crippen LogP contribution in [0.3, 0.4) is 0 Å². The Labute approximate surface area is 140 Å². The molecule has 0 radical (unpaired) electrons. The van der Waals surface area contributed by atoms with E-state index in [4.69, 9.17) is 5.11 Å². The average Bonchev–Trinajstić information content (AvgIpc) is 2.56. The summed E-state index contributed by atoms with van der Waals surface area (Å²) in [5.41, 5.74) is 0. The maximum atomic E-state index is 11.4. The van der Waals surface area contributed by atoms with Crippen molar-refractivity contribution in [2.45, 2.75) is 19.3 Å². The van der Waals surface area contributed by atoms with Crippen LogP contribution in [-0.4, -0.2) is 46.9 Å². The number of rotatable bonds is 6. The van der Waals surface area contributed by atoms with Gasteiger partial charge < -0.3 is 14.5 Å². The molecule has 0 aromatic heterocycles. The smallest absolute Gasteiger partial charge is 0.744 e. The van der Waals surface area contributed by atoms with Gasteiger partial charge in [0.05, 0.1) is 0 Å². The predicted octanol–water partition coefficient (Wildman–Crippen LogP) is -4.50. The van der Waals surface area contributed by atoms with Gasteiger partial charge in [0.1, 0.15) is 15.0 Å². The van der Waals surface area contributed by atoms with Crippen LogP contribution in [0.1, 0.15) is 19.3 Å². The van der Waals surface area contributed by atoms with Crippen molar-refractivity contribution in [3.8, 4) is 0 Å². The summed E-state index contributed by atoms with van der Waals surface area (Å²) in [6.45, 7) is 0. The minimum Gasteiger partial charge on any atom is -0.744 e.